The minimum Gasteiger partial charge on any atom is -0.481 e. The Morgan fingerprint density at radius 3 is 2.65 bits per heavy atom. The Bertz CT molecular complexity index is 261. The van der Waals surface area contributed by atoms with E-state index in [2.05, 4.69) is 11.8 Å². The number of nitrogens with zero attached hydrogens (tertiary/aromatic N) is 1. The minimum absolute atomic E-state index is 0.315. The van der Waals surface area contributed by atoms with E-state index >= 15 is 0 Å². The second-order valence-corrected chi connectivity index (χ2v) is 5.77. The quantitative estimate of drug-likeness (QED) is 0.802. The monoisotopic (exact) mass is 239 g/mol. The second-order valence-electron chi connectivity index (χ2n) is 5.77. The molecule has 1 N–H and O–H groups in total. The fourth-order valence-corrected chi connectivity index (χ4v) is 3.71. The predicted octanol–water partition coefficient (Wildman–Crippen LogP) is 2.89. The molecule has 3 heteroatoms. The predicted molar refractivity (Wildman–Crippen MR) is 68.0 cm³/mol. The zero-order chi connectivity index (χ0) is 12.3. The first-order chi connectivity index (χ1) is 8.18. The maximum Gasteiger partial charge on any atom is 0.303 e. The first-order valence-electron chi connectivity index (χ1n) is 7.16. The molecule has 3 nitrogen and oxygen atoms in total. The van der Waals surface area contributed by atoms with Crippen molar-refractivity contribution < 1.29 is 9.90 Å². The third kappa shape index (κ3) is 3.21. The van der Waals surface area contributed by atoms with E-state index in [1.165, 1.54) is 45.1 Å². The summed E-state index contributed by atoms with van der Waals surface area (Å²) in [7, 11) is 0. The summed E-state index contributed by atoms with van der Waals surface area (Å²) in [5.41, 5.74) is 0. The van der Waals surface area contributed by atoms with Gasteiger partial charge in [-0.3, -0.25) is 9.69 Å². The van der Waals surface area contributed by atoms with E-state index in [0.29, 0.717) is 12.5 Å². The summed E-state index contributed by atoms with van der Waals surface area (Å²) >= 11 is 0. The SMILES string of the molecule is CC(CCC(=O)O)N1CCCC1C1CCCC1. The molecule has 1 saturated heterocycles. The van der Waals surface area contributed by atoms with Gasteiger partial charge in [-0.2, -0.15) is 0 Å². The topological polar surface area (TPSA) is 40.5 Å². The molecule has 2 rings (SSSR count). The van der Waals surface area contributed by atoms with Crippen molar-refractivity contribution in [1.29, 1.82) is 0 Å². The van der Waals surface area contributed by atoms with Crippen LogP contribution in [0.2, 0.25) is 0 Å². The molecule has 0 aromatic heterocycles. The fourth-order valence-electron chi connectivity index (χ4n) is 3.71. The molecular weight excluding hydrogens is 214 g/mol. The number of carboxylic acids is 1. The van der Waals surface area contributed by atoms with Gasteiger partial charge in [-0.1, -0.05) is 12.8 Å². The molecule has 0 bridgehead atoms. The van der Waals surface area contributed by atoms with Gasteiger partial charge in [0.25, 0.3) is 0 Å². The van der Waals surface area contributed by atoms with Crippen molar-refractivity contribution >= 4 is 5.97 Å². The number of aliphatic carboxylic acids is 1. The van der Waals surface area contributed by atoms with E-state index in [1.54, 1.807) is 0 Å². The molecule has 1 heterocycles. The van der Waals surface area contributed by atoms with Crippen LogP contribution >= 0.6 is 0 Å². The Hall–Kier alpha value is -0.570. The Labute approximate surface area is 104 Å². The third-order valence-corrected chi connectivity index (χ3v) is 4.63. The summed E-state index contributed by atoms with van der Waals surface area (Å²) in [4.78, 5) is 13.2. The molecule has 0 amide bonds. The Morgan fingerprint density at radius 2 is 2.00 bits per heavy atom. The molecule has 1 saturated carbocycles. The van der Waals surface area contributed by atoms with Crippen LogP contribution in [0.1, 0.15) is 58.3 Å². The number of hydrogen-bond acceptors (Lipinski definition) is 2. The van der Waals surface area contributed by atoms with Crippen LogP contribution in [-0.2, 0) is 4.79 Å². The van der Waals surface area contributed by atoms with Gasteiger partial charge in [0.15, 0.2) is 0 Å². The summed E-state index contributed by atoms with van der Waals surface area (Å²) in [6.07, 6.45) is 9.35. The molecule has 2 atom stereocenters. The molecule has 2 fully saturated rings. The molecule has 17 heavy (non-hydrogen) atoms. The van der Waals surface area contributed by atoms with Crippen LogP contribution in [-0.4, -0.2) is 34.6 Å². The molecule has 2 aliphatic rings. The largest absolute Gasteiger partial charge is 0.481 e. The van der Waals surface area contributed by atoms with Gasteiger partial charge in [0.1, 0.15) is 0 Å². The van der Waals surface area contributed by atoms with Crippen molar-refractivity contribution in [2.45, 2.75) is 70.4 Å². The van der Waals surface area contributed by atoms with Gasteiger partial charge in [-0.15, -0.1) is 0 Å². The molecule has 0 spiro atoms. The number of rotatable bonds is 5. The van der Waals surface area contributed by atoms with E-state index in [1.807, 2.05) is 0 Å². The zero-order valence-electron chi connectivity index (χ0n) is 10.9. The number of likely N-dealkylation sites (tertiary alicyclic amines) is 1. The smallest absolute Gasteiger partial charge is 0.303 e. The molecule has 2 unspecified atom stereocenters. The zero-order valence-corrected chi connectivity index (χ0v) is 10.9. The van der Waals surface area contributed by atoms with Crippen molar-refractivity contribution in [3.63, 3.8) is 0 Å². The van der Waals surface area contributed by atoms with Gasteiger partial charge in [-0.25, -0.2) is 0 Å². The van der Waals surface area contributed by atoms with E-state index < -0.39 is 5.97 Å². The Morgan fingerprint density at radius 1 is 1.29 bits per heavy atom. The Kier molecular flexibility index (Phi) is 4.43. The van der Waals surface area contributed by atoms with E-state index in [0.717, 1.165) is 18.4 Å². The van der Waals surface area contributed by atoms with Gasteiger partial charge in [0, 0.05) is 18.5 Å². The highest BCUT2D eigenvalue weighted by atomic mass is 16.4. The number of carboxylic acid groups (broad SMARTS) is 1. The van der Waals surface area contributed by atoms with Gasteiger partial charge in [0.2, 0.25) is 0 Å². The fraction of sp³-hybridized carbons (Fsp3) is 0.929. The lowest BCUT2D eigenvalue weighted by molar-refractivity contribution is -0.137. The second kappa shape index (κ2) is 5.85. The summed E-state index contributed by atoms with van der Waals surface area (Å²) < 4.78 is 0. The maximum atomic E-state index is 10.6. The van der Waals surface area contributed by atoms with Crippen LogP contribution in [0, 0.1) is 5.92 Å². The van der Waals surface area contributed by atoms with Gasteiger partial charge < -0.3 is 5.11 Å². The van der Waals surface area contributed by atoms with Crippen molar-refractivity contribution in [3.05, 3.63) is 0 Å². The van der Waals surface area contributed by atoms with Crippen molar-refractivity contribution in [3.8, 4) is 0 Å². The van der Waals surface area contributed by atoms with E-state index in [-0.39, 0.29) is 0 Å². The van der Waals surface area contributed by atoms with E-state index in [4.69, 9.17) is 5.11 Å². The molecule has 1 aliphatic carbocycles. The molecule has 0 aromatic carbocycles. The third-order valence-electron chi connectivity index (χ3n) is 4.63. The van der Waals surface area contributed by atoms with Crippen LogP contribution in [0.15, 0.2) is 0 Å². The van der Waals surface area contributed by atoms with Crippen LogP contribution in [0.4, 0.5) is 0 Å². The molecule has 0 aromatic rings. The number of hydrogen-bond donors (Lipinski definition) is 1. The van der Waals surface area contributed by atoms with Crippen molar-refractivity contribution in [2.75, 3.05) is 6.54 Å². The highest BCUT2D eigenvalue weighted by Gasteiger charge is 2.35. The van der Waals surface area contributed by atoms with Gasteiger partial charge in [-0.05, 0) is 51.5 Å². The summed E-state index contributed by atoms with van der Waals surface area (Å²) in [5.74, 6) is 0.234. The first kappa shape index (κ1) is 12.9. The average molecular weight is 239 g/mol. The van der Waals surface area contributed by atoms with Crippen molar-refractivity contribution in [1.82, 2.24) is 4.90 Å². The molecule has 0 radical (unpaired) electrons. The van der Waals surface area contributed by atoms with E-state index in [9.17, 15) is 4.79 Å². The lowest BCUT2D eigenvalue weighted by Crippen LogP contribution is -2.41. The van der Waals surface area contributed by atoms with Gasteiger partial charge in [0.05, 0.1) is 0 Å². The van der Waals surface area contributed by atoms with Crippen LogP contribution in [0.25, 0.3) is 0 Å². The highest BCUT2D eigenvalue weighted by Crippen LogP contribution is 2.36. The summed E-state index contributed by atoms with van der Waals surface area (Å²) in [6.45, 7) is 3.39. The Balaban J connectivity index is 1.86. The molecular formula is C14H25NO2. The first-order valence-corrected chi connectivity index (χ1v) is 7.16. The highest BCUT2D eigenvalue weighted by molar-refractivity contribution is 5.66. The average Bonchev–Trinajstić information content (AvgIpc) is 2.94. The number of carbonyl (C=O) groups is 1. The molecule has 1 aliphatic heterocycles. The van der Waals surface area contributed by atoms with Crippen molar-refractivity contribution in [2.24, 2.45) is 5.92 Å². The molecule has 98 valence electrons. The lowest BCUT2D eigenvalue weighted by Gasteiger charge is -2.34. The summed E-state index contributed by atoms with van der Waals surface area (Å²) in [6, 6.07) is 1.19. The standard InChI is InChI=1S/C14H25NO2/c1-11(8-9-14(16)17)15-10-4-7-13(15)12-5-2-3-6-12/h11-13H,2-10H2,1H3,(H,16,17). The maximum absolute atomic E-state index is 10.6. The summed E-state index contributed by atoms with van der Waals surface area (Å²) in [5, 5.41) is 8.76. The minimum atomic E-state index is -0.659. The van der Waals surface area contributed by atoms with Crippen LogP contribution in [0.5, 0.6) is 0 Å². The normalized spacial score (nSPS) is 28.6. The lowest BCUT2D eigenvalue weighted by atomic mass is 9.95. The van der Waals surface area contributed by atoms with Crippen LogP contribution < -0.4 is 0 Å². The van der Waals surface area contributed by atoms with Gasteiger partial charge >= 0.3 is 5.97 Å². The van der Waals surface area contributed by atoms with Crippen LogP contribution in [0.3, 0.4) is 0 Å².